The number of nitrogens with zero attached hydrogens (tertiary/aromatic N) is 4. The van der Waals surface area contributed by atoms with Crippen LogP contribution in [0.5, 0.6) is 0 Å². The Morgan fingerprint density at radius 3 is 2.32 bits per heavy atom. The van der Waals surface area contributed by atoms with Crippen molar-refractivity contribution in [3.05, 3.63) is 11.4 Å². The zero-order valence-electron chi connectivity index (χ0n) is 13.4. The molecule has 122 valence electrons. The number of piperidine rings is 1. The Morgan fingerprint density at radius 2 is 1.86 bits per heavy atom. The molecule has 0 aromatic carbocycles. The van der Waals surface area contributed by atoms with Crippen molar-refractivity contribution in [1.82, 2.24) is 19.9 Å². The number of hydrogen-bond acceptors (Lipinski definition) is 5. The van der Waals surface area contributed by atoms with Gasteiger partial charge in [0.25, 0.3) is 0 Å². The van der Waals surface area contributed by atoms with E-state index in [2.05, 4.69) is 10.3 Å². The standard InChI is InChI=1S/C14H22N4O4/c1-9-11(12(19)20)15-16-18(9)10-5-7-17(8-6-10)13(21)22-14(2,3)4/h10H,5-8H2,1-4H3,(H,19,20). The Hall–Kier alpha value is -2.12. The Balaban J connectivity index is 1.98. The maximum Gasteiger partial charge on any atom is 0.410 e. The minimum absolute atomic E-state index is 0.0189. The molecule has 0 spiro atoms. The van der Waals surface area contributed by atoms with Gasteiger partial charge in [0, 0.05) is 13.1 Å². The monoisotopic (exact) mass is 310 g/mol. The van der Waals surface area contributed by atoms with Crippen LogP contribution in [0.1, 0.15) is 55.8 Å². The summed E-state index contributed by atoms with van der Waals surface area (Å²) in [6, 6.07) is 0.0549. The minimum atomic E-state index is -1.07. The molecule has 2 heterocycles. The smallest absolute Gasteiger partial charge is 0.410 e. The van der Waals surface area contributed by atoms with E-state index in [0.29, 0.717) is 31.6 Å². The van der Waals surface area contributed by atoms with Crippen LogP contribution in [0.3, 0.4) is 0 Å². The molecule has 1 amide bonds. The molecule has 2 rings (SSSR count). The number of amides is 1. The summed E-state index contributed by atoms with van der Waals surface area (Å²) in [5.74, 6) is -1.07. The topological polar surface area (TPSA) is 97.5 Å². The lowest BCUT2D eigenvalue weighted by atomic mass is 10.1. The van der Waals surface area contributed by atoms with E-state index in [9.17, 15) is 9.59 Å². The Bertz CT molecular complexity index is 568. The third kappa shape index (κ3) is 3.55. The van der Waals surface area contributed by atoms with Crippen LogP contribution in [0.4, 0.5) is 4.79 Å². The lowest BCUT2D eigenvalue weighted by Crippen LogP contribution is -2.42. The van der Waals surface area contributed by atoms with Crippen molar-refractivity contribution >= 4 is 12.1 Å². The van der Waals surface area contributed by atoms with Gasteiger partial charge in [0.1, 0.15) is 5.60 Å². The second-order valence-electron chi connectivity index (χ2n) is 6.47. The molecule has 1 aliphatic rings. The Morgan fingerprint density at radius 1 is 1.27 bits per heavy atom. The molecule has 0 bridgehead atoms. The second kappa shape index (κ2) is 5.94. The lowest BCUT2D eigenvalue weighted by Gasteiger charge is -2.33. The summed E-state index contributed by atoms with van der Waals surface area (Å²) in [4.78, 5) is 24.7. The van der Waals surface area contributed by atoms with Gasteiger partial charge in [-0.15, -0.1) is 5.10 Å². The minimum Gasteiger partial charge on any atom is -0.476 e. The first kappa shape index (κ1) is 16.3. The molecule has 0 unspecified atom stereocenters. The molecule has 1 aliphatic heterocycles. The van der Waals surface area contributed by atoms with Gasteiger partial charge in [-0.1, -0.05) is 5.21 Å². The number of hydrogen-bond donors (Lipinski definition) is 1. The average molecular weight is 310 g/mol. The van der Waals surface area contributed by atoms with Gasteiger partial charge in [-0.3, -0.25) is 0 Å². The third-order valence-electron chi connectivity index (χ3n) is 3.59. The molecule has 8 nitrogen and oxygen atoms in total. The van der Waals surface area contributed by atoms with Crippen molar-refractivity contribution < 1.29 is 19.4 Å². The molecular weight excluding hydrogens is 288 g/mol. The normalized spacial score (nSPS) is 16.6. The molecule has 1 fully saturated rings. The van der Waals surface area contributed by atoms with Gasteiger partial charge >= 0.3 is 12.1 Å². The number of aromatic nitrogens is 3. The summed E-state index contributed by atoms with van der Waals surface area (Å²) in [7, 11) is 0. The molecule has 1 aromatic heterocycles. The maximum atomic E-state index is 12.0. The molecule has 22 heavy (non-hydrogen) atoms. The van der Waals surface area contributed by atoms with E-state index < -0.39 is 11.6 Å². The van der Waals surface area contributed by atoms with Gasteiger partial charge in [0.15, 0.2) is 5.69 Å². The number of carboxylic acid groups (broad SMARTS) is 1. The number of carbonyl (C=O) groups excluding carboxylic acids is 1. The van der Waals surface area contributed by atoms with E-state index >= 15 is 0 Å². The summed E-state index contributed by atoms with van der Waals surface area (Å²) in [6.07, 6.45) is 1.08. The van der Waals surface area contributed by atoms with E-state index in [0.717, 1.165) is 0 Å². The van der Waals surface area contributed by atoms with Crippen molar-refractivity contribution in [2.24, 2.45) is 0 Å². The predicted octanol–water partition coefficient (Wildman–Crippen LogP) is 1.86. The number of carbonyl (C=O) groups is 2. The molecule has 0 radical (unpaired) electrons. The number of likely N-dealkylation sites (tertiary alicyclic amines) is 1. The molecule has 0 saturated carbocycles. The Labute approximate surface area is 129 Å². The highest BCUT2D eigenvalue weighted by molar-refractivity contribution is 5.86. The van der Waals surface area contributed by atoms with Crippen LogP contribution < -0.4 is 0 Å². The largest absolute Gasteiger partial charge is 0.476 e. The summed E-state index contributed by atoms with van der Waals surface area (Å²) in [5.41, 5.74) is 0.0186. The summed E-state index contributed by atoms with van der Waals surface area (Å²) in [5, 5.41) is 16.7. The van der Waals surface area contributed by atoms with Crippen molar-refractivity contribution in [3.8, 4) is 0 Å². The fourth-order valence-electron chi connectivity index (χ4n) is 2.50. The van der Waals surface area contributed by atoms with Crippen LogP contribution in [0, 0.1) is 6.92 Å². The molecule has 0 atom stereocenters. The summed E-state index contributed by atoms with van der Waals surface area (Å²) < 4.78 is 7.00. The first-order chi connectivity index (χ1) is 10.2. The Kier molecular flexibility index (Phi) is 4.39. The SMILES string of the molecule is Cc1c(C(=O)O)nnn1C1CCN(C(=O)OC(C)(C)C)CC1. The fourth-order valence-corrected chi connectivity index (χ4v) is 2.50. The molecule has 0 aliphatic carbocycles. The second-order valence-corrected chi connectivity index (χ2v) is 6.47. The van der Waals surface area contributed by atoms with Crippen LogP contribution in [-0.4, -0.2) is 55.8 Å². The quantitative estimate of drug-likeness (QED) is 0.895. The number of rotatable bonds is 2. The number of aromatic carboxylic acids is 1. The van der Waals surface area contributed by atoms with E-state index in [4.69, 9.17) is 9.84 Å². The van der Waals surface area contributed by atoms with Gasteiger partial charge < -0.3 is 14.7 Å². The van der Waals surface area contributed by atoms with Crippen molar-refractivity contribution in [3.63, 3.8) is 0 Å². The van der Waals surface area contributed by atoms with Crippen molar-refractivity contribution in [2.75, 3.05) is 13.1 Å². The highest BCUT2D eigenvalue weighted by Gasteiger charge is 2.29. The highest BCUT2D eigenvalue weighted by atomic mass is 16.6. The zero-order valence-corrected chi connectivity index (χ0v) is 13.4. The number of ether oxygens (including phenoxy) is 1. The molecule has 1 aromatic rings. The van der Waals surface area contributed by atoms with Crippen molar-refractivity contribution in [1.29, 1.82) is 0 Å². The van der Waals surface area contributed by atoms with E-state index in [1.165, 1.54) is 0 Å². The van der Waals surface area contributed by atoms with Crippen LogP contribution in [0.2, 0.25) is 0 Å². The van der Waals surface area contributed by atoms with Gasteiger partial charge in [-0.2, -0.15) is 0 Å². The number of carboxylic acids is 1. The first-order valence-corrected chi connectivity index (χ1v) is 7.32. The van der Waals surface area contributed by atoms with Crippen LogP contribution >= 0.6 is 0 Å². The van der Waals surface area contributed by atoms with Gasteiger partial charge in [-0.25, -0.2) is 14.3 Å². The fraction of sp³-hybridized carbons (Fsp3) is 0.714. The highest BCUT2D eigenvalue weighted by Crippen LogP contribution is 2.25. The van der Waals surface area contributed by atoms with Gasteiger partial charge in [0.2, 0.25) is 0 Å². The zero-order chi connectivity index (χ0) is 16.5. The van der Waals surface area contributed by atoms with Gasteiger partial charge in [-0.05, 0) is 40.5 Å². The summed E-state index contributed by atoms with van der Waals surface area (Å²) >= 11 is 0. The first-order valence-electron chi connectivity index (χ1n) is 7.32. The predicted molar refractivity (Wildman–Crippen MR) is 77.8 cm³/mol. The van der Waals surface area contributed by atoms with E-state index in [1.54, 1.807) is 16.5 Å². The lowest BCUT2D eigenvalue weighted by molar-refractivity contribution is 0.0183. The third-order valence-corrected chi connectivity index (χ3v) is 3.59. The van der Waals surface area contributed by atoms with E-state index in [-0.39, 0.29) is 17.8 Å². The van der Waals surface area contributed by atoms with Crippen molar-refractivity contribution in [2.45, 2.75) is 52.2 Å². The van der Waals surface area contributed by atoms with Gasteiger partial charge in [0.05, 0.1) is 11.7 Å². The summed E-state index contributed by atoms with van der Waals surface area (Å²) in [6.45, 7) is 8.32. The molecule has 1 saturated heterocycles. The van der Waals surface area contributed by atoms with E-state index in [1.807, 2.05) is 20.8 Å². The molecular formula is C14H22N4O4. The van der Waals surface area contributed by atoms with Crippen LogP contribution in [-0.2, 0) is 4.74 Å². The molecule has 8 heteroatoms. The van der Waals surface area contributed by atoms with Crippen LogP contribution in [0.25, 0.3) is 0 Å². The molecule has 1 N–H and O–H groups in total. The average Bonchev–Trinajstić information content (AvgIpc) is 2.79. The maximum absolute atomic E-state index is 12.0. The van der Waals surface area contributed by atoms with Crippen LogP contribution in [0.15, 0.2) is 0 Å².